The minimum atomic E-state index is -1.34. The molecule has 0 atom stereocenters. The van der Waals surface area contributed by atoms with Gasteiger partial charge in [0.15, 0.2) is 0 Å². The molecule has 39 heavy (non-hydrogen) atoms. The molecule has 1 radical (unpaired) electrons. The first-order chi connectivity index (χ1) is 18.3. The average molecular weight is 705 g/mol. The molecule has 5 heteroatoms. The smallest absolute Gasteiger partial charge is 0.120 e. The molecule has 0 saturated carbocycles. The minimum Gasteiger partial charge on any atom is -0.501 e. The second-order valence-corrected chi connectivity index (χ2v) is 15.8. The third kappa shape index (κ3) is 6.28. The first-order valence-corrected chi connectivity index (χ1v) is 16.5. The predicted octanol–water partition coefficient (Wildman–Crippen LogP) is 8.66. The fourth-order valence-electron chi connectivity index (χ4n) is 4.67. The molecule has 3 aromatic carbocycles. The molecule has 0 bridgehead atoms. The van der Waals surface area contributed by atoms with E-state index >= 15 is 0 Å². The van der Waals surface area contributed by atoms with Gasteiger partial charge in [0, 0.05) is 37.9 Å². The minimum absolute atomic E-state index is 0. The van der Waals surface area contributed by atoms with E-state index in [0.717, 1.165) is 44.5 Å². The number of pyridine rings is 2. The number of benzene rings is 3. The molecular formula is C34H32IrN2OSi-2. The summed E-state index contributed by atoms with van der Waals surface area (Å²) in [6.45, 7) is 11.7. The Balaban J connectivity index is 0.000000176. The zero-order valence-corrected chi connectivity index (χ0v) is 26.3. The summed E-state index contributed by atoms with van der Waals surface area (Å²) in [6, 6.07) is 34.6. The fraction of sp³-hybridized carbons (Fsp3) is 0.176. The topological polar surface area (TPSA) is 38.9 Å². The first-order valence-electron chi connectivity index (χ1n) is 13.0. The van der Waals surface area contributed by atoms with Gasteiger partial charge in [0.25, 0.3) is 0 Å². The summed E-state index contributed by atoms with van der Waals surface area (Å²) in [6.07, 6.45) is 3.88. The summed E-state index contributed by atoms with van der Waals surface area (Å²) >= 11 is 0. The van der Waals surface area contributed by atoms with Crippen molar-refractivity contribution in [2.24, 2.45) is 0 Å². The SMILES string of the molecule is CC(C)c1cc(-c2[c-]cccc2)ncc1[Si](C)(C)C.[Ir].[c-]1ccc2c(oc3ccccc32)c1-c1ccccn1. The standard InChI is InChI=1S/C17H10NO.C17H22NSi.Ir/c1-2-10-16-12(6-1)13-7-5-8-14(17(13)19-16)15-9-3-4-11-18-15;1-13(2)15-11-16(14-9-7-6-8-10-14)18-12-17(15)19(3,4)5;/h1-7,9-11H;6-9,11-13H,1-5H3;/q2*-1;. The van der Waals surface area contributed by atoms with Crippen molar-refractivity contribution in [3.63, 3.8) is 0 Å². The van der Waals surface area contributed by atoms with Gasteiger partial charge in [-0.05, 0) is 34.6 Å². The third-order valence-corrected chi connectivity index (χ3v) is 8.64. The molecule has 0 aliphatic heterocycles. The van der Waals surface area contributed by atoms with Crippen LogP contribution in [-0.4, -0.2) is 18.0 Å². The average Bonchev–Trinajstić information content (AvgIpc) is 3.32. The Labute approximate surface area is 245 Å². The van der Waals surface area contributed by atoms with E-state index in [0.29, 0.717) is 5.92 Å². The molecule has 0 unspecified atom stereocenters. The van der Waals surface area contributed by atoms with E-state index in [-0.39, 0.29) is 20.1 Å². The first kappa shape index (κ1) is 28.6. The van der Waals surface area contributed by atoms with Gasteiger partial charge in [-0.1, -0.05) is 86.4 Å². The quantitative estimate of drug-likeness (QED) is 0.136. The van der Waals surface area contributed by atoms with Crippen LogP contribution in [0.5, 0.6) is 0 Å². The molecule has 0 amide bonds. The Morgan fingerprint density at radius 1 is 0.769 bits per heavy atom. The summed E-state index contributed by atoms with van der Waals surface area (Å²) in [4.78, 5) is 9.04. The molecule has 0 N–H and O–H groups in total. The molecule has 6 aromatic rings. The predicted molar refractivity (Wildman–Crippen MR) is 161 cm³/mol. The molecule has 0 saturated heterocycles. The third-order valence-electron chi connectivity index (χ3n) is 6.61. The van der Waals surface area contributed by atoms with Crippen molar-refractivity contribution in [3.05, 3.63) is 115 Å². The van der Waals surface area contributed by atoms with Crippen molar-refractivity contribution in [1.82, 2.24) is 9.97 Å². The van der Waals surface area contributed by atoms with E-state index in [2.05, 4.69) is 80.0 Å². The molecular weight excluding hydrogens is 673 g/mol. The number of fused-ring (bicyclic) bond motifs is 3. The number of hydrogen-bond donors (Lipinski definition) is 0. The maximum Gasteiger partial charge on any atom is 0.120 e. The Morgan fingerprint density at radius 2 is 1.54 bits per heavy atom. The number of furan rings is 1. The second kappa shape index (κ2) is 12.2. The van der Waals surface area contributed by atoms with Gasteiger partial charge in [0.1, 0.15) is 5.58 Å². The number of para-hydroxylation sites is 1. The zero-order chi connectivity index (χ0) is 26.7. The van der Waals surface area contributed by atoms with Crippen LogP contribution in [0.2, 0.25) is 19.6 Å². The molecule has 199 valence electrons. The van der Waals surface area contributed by atoms with Gasteiger partial charge in [-0.25, -0.2) is 0 Å². The summed E-state index contributed by atoms with van der Waals surface area (Å²) in [5, 5.41) is 3.71. The van der Waals surface area contributed by atoms with Gasteiger partial charge in [0.05, 0.1) is 13.7 Å². The summed E-state index contributed by atoms with van der Waals surface area (Å²) in [5.41, 5.74) is 7.09. The van der Waals surface area contributed by atoms with Gasteiger partial charge in [-0.3, -0.25) is 0 Å². The van der Waals surface area contributed by atoms with Crippen LogP contribution >= 0.6 is 0 Å². The molecule has 6 rings (SSSR count). The van der Waals surface area contributed by atoms with E-state index in [1.54, 1.807) is 6.20 Å². The molecule has 0 fully saturated rings. The monoisotopic (exact) mass is 705 g/mol. The molecule has 3 aromatic heterocycles. The second-order valence-electron chi connectivity index (χ2n) is 10.7. The van der Waals surface area contributed by atoms with Gasteiger partial charge in [-0.15, -0.1) is 54.1 Å². The van der Waals surface area contributed by atoms with Crippen LogP contribution < -0.4 is 5.19 Å². The van der Waals surface area contributed by atoms with E-state index in [4.69, 9.17) is 4.42 Å². The summed E-state index contributed by atoms with van der Waals surface area (Å²) < 4.78 is 5.97. The van der Waals surface area contributed by atoms with E-state index < -0.39 is 8.07 Å². The fourth-order valence-corrected chi connectivity index (χ4v) is 6.35. The van der Waals surface area contributed by atoms with Crippen molar-refractivity contribution < 1.29 is 24.5 Å². The van der Waals surface area contributed by atoms with Crippen LogP contribution in [-0.2, 0) is 20.1 Å². The molecule has 0 spiro atoms. The van der Waals surface area contributed by atoms with Crippen LogP contribution in [0.4, 0.5) is 0 Å². The van der Waals surface area contributed by atoms with Crippen molar-refractivity contribution in [2.75, 3.05) is 0 Å². The number of hydrogen-bond acceptors (Lipinski definition) is 3. The number of aromatic nitrogens is 2. The molecule has 0 aliphatic carbocycles. The van der Waals surface area contributed by atoms with Crippen LogP contribution in [0, 0.1) is 12.1 Å². The van der Waals surface area contributed by atoms with Crippen LogP contribution in [0.1, 0.15) is 25.3 Å². The van der Waals surface area contributed by atoms with Crippen LogP contribution in [0.15, 0.2) is 102 Å². The van der Waals surface area contributed by atoms with Crippen LogP contribution in [0.3, 0.4) is 0 Å². The summed E-state index contributed by atoms with van der Waals surface area (Å²) in [7, 11) is -1.34. The molecule has 3 heterocycles. The van der Waals surface area contributed by atoms with Gasteiger partial charge < -0.3 is 14.4 Å². The maximum absolute atomic E-state index is 5.97. The Kier molecular flexibility index (Phi) is 8.96. The Morgan fingerprint density at radius 3 is 2.23 bits per heavy atom. The largest absolute Gasteiger partial charge is 0.501 e. The number of nitrogens with zero attached hydrogens (tertiary/aromatic N) is 2. The van der Waals surface area contributed by atoms with Crippen molar-refractivity contribution in [2.45, 2.75) is 39.4 Å². The molecule has 0 aliphatic rings. The van der Waals surface area contributed by atoms with Gasteiger partial charge in [-0.2, -0.15) is 0 Å². The normalized spacial score (nSPS) is 11.2. The summed E-state index contributed by atoms with van der Waals surface area (Å²) in [5.74, 6) is 0.534. The maximum atomic E-state index is 5.97. The molecule has 3 nitrogen and oxygen atoms in total. The van der Waals surface area contributed by atoms with Crippen molar-refractivity contribution in [1.29, 1.82) is 0 Å². The van der Waals surface area contributed by atoms with Gasteiger partial charge >= 0.3 is 0 Å². The van der Waals surface area contributed by atoms with Crippen LogP contribution in [0.25, 0.3) is 44.5 Å². The van der Waals surface area contributed by atoms with E-state index in [1.807, 2.05) is 66.7 Å². The Bertz CT molecular complexity index is 1670. The Hall–Kier alpha value is -3.37. The van der Waals surface area contributed by atoms with Crippen molar-refractivity contribution in [3.8, 4) is 22.5 Å². The van der Waals surface area contributed by atoms with Crippen molar-refractivity contribution >= 4 is 35.2 Å². The van der Waals surface area contributed by atoms with E-state index in [9.17, 15) is 0 Å². The zero-order valence-electron chi connectivity index (χ0n) is 23.0. The van der Waals surface area contributed by atoms with Gasteiger partial charge in [0.2, 0.25) is 0 Å². The van der Waals surface area contributed by atoms with E-state index in [1.165, 1.54) is 10.8 Å². The number of rotatable bonds is 4.